The highest BCUT2D eigenvalue weighted by Crippen LogP contribution is 2.11. The molecule has 12 heavy (non-hydrogen) atoms. The summed E-state index contributed by atoms with van der Waals surface area (Å²) in [6.07, 6.45) is -2.33. The topological polar surface area (TPSA) is 78.8 Å². The molecule has 5 heteroatoms. The number of aliphatic hydroxyl groups is 2. The number of hydrogen-bond donors (Lipinski definition) is 3. The summed E-state index contributed by atoms with van der Waals surface area (Å²) in [7, 11) is 0. The molecule has 0 aromatic heterocycles. The van der Waals surface area contributed by atoms with Crippen molar-refractivity contribution in [2.24, 2.45) is 0 Å². The zero-order valence-electron chi connectivity index (χ0n) is 6.86. The maximum Gasteiger partial charge on any atom is 0.221 e. The second-order valence-electron chi connectivity index (χ2n) is 2.73. The van der Waals surface area contributed by atoms with Crippen LogP contribution in [-0.2, 0) is 9.53 Å². The second-order valence-corrected chi connectivity index (χ2v) is 2.73. The fourth-order valence-corrected chi connectivity index (χ4v) is 0.989. The third-order valence-corrected chi connectivity index (χ3v) is 1.78. The summed E-state index contributed by atoms with van der Waals surface area (Å²) in [5.41, 5.74) is 0. The Balaban J connectivity index is 2.38. The maximum atomic E-state index is 10.8. The van der Waals surface area contributed by atoms with Crippen molar-refractivity contribution < 1.29 is 19.7 Å². The van der Waals surface area contributed by atoms with Gasteiger partial charge in [-0.1, -0.05) is 6.92 Å². The quantitative estimate of drug-likeness (QED) is 0.482. The summed E-state index contributed by atoms with van der Waals surface area (Å²) in [5, 5.41) is 20.7. The van der Waals surface area contributed by atoms with Gasteiger partial charge >= 0.3 is 0 Å². The van der Waals surface area contributed by atoms with Gasteiger partial charge in [0.05, 0.1) is 6.61 Å². The standard InChI is InChI=1S/C7H13NO4/c1-2-5(10)8-7-6(11)4(9)3-12-7/h4,6-7,9,11H,2-3H2,1H3,(H,8,10)/t4-,6-,7?/m1/s1. The van der Waals surface area contributed by atoms with E-state index in [4.69, 9.17) is 9.84 Å². The lowest BCUT2D eigenvalue weighted by Gasteiger charge is -2.15. The van der Waals surface area contributed by atoms with Crippen molar-refractivity contribution in [3.63, 3.8) is 0 Å². The first kappa shape index (κ1) is 9.44. The Kier molecular flexibility index (Phi) is 3.02. The van der Waals surface area contributed by atoms with Gasteiger partial charge in [0.1, 0.15) is 12.2 Å². The molecule has 1 amide bonds. The van der Waals surface area contributed by atoms with Crippen LogP contribution in [-0.4, -0.2) is 41.2 Å². The van der Waals surface area contributed by atoms with Crippen LogP contribution < -0.4 is 5.32 Å². The average Bonchev–Trinajstić information content (AvgIpc) is 2.36. The van der Waals surface area contributed by atoms with Crippen LogP contribution in [0.4, 0.5) is 0 Å². The van der Waals surface area contributed by atoms with Gasteiger partial charge in [-0.3, -0.25) is 4.79 Å². The van der Waals surface area contributed by atoms with Crippen LogP contribution in [0, 0.1) is 0 Å². The number of nitrogens with one attached hydrogen (secondary N) is 1. The first-order valence-electron chi connectivity index (χ1n) is 3.92. The third-order valence-electron chi connectivity index (χ3n) is 1.78. The molecule has 5 nitrogen and oxygen atoms in total. The number of aliphatic hydroxyl groups excluding tert-OH is 2. The van der Waals surface area contributed by atoms with Gasteiger partial charge in [0.2, 0.25) is 5.91 Å². The molecule has 0 aromatic carbocycles. The highest BCUT2D eigenvalue weighted by atomic mass is 16.5. The summed E-state index contributed by atoms with van der Waals surface area (Å²) < 4.78 is 4.92. The van der Waals surface area contributed by atoms with E-state index in [2.05, 4.69) is 5.32 Å². The molecule has 0 aromatic rings. The van der Waals surface area contributed by atoms with E-state index in [-0.39, 0.29) is 12.5 Å². The molecular formula is C7H13NO4. The molecule has 0 saturated carbocycles. The zero-order chi connectivity index (χ0) is 9.14. The van der Waals surface area contributed by atoms with Crippen LogP contribution in [0.5, 0.6) is 0 Å². The van der Waals surface area contributed by atoms with Crippen molar-refractivity contribution in [2.75, 3.05) is 6.61 Å². The summed E-state index contributed by atoms with van der Waals surface area (Å²) in [4.78, 5) is 10.8. The Morgan fingerprint density at radius 1 is 1.67 bits per heavy atom. The molecular weight excluding hydrogens is 162 g/mol. The molecule has 1 rings (SSSR count). The van der Waals surface area contributed by atoms with Gasteiger partial charge in [0.25, 0.3) is 0 Å². The van der Waals surface area contributed by atoms with Crippen molar-refractivity contribution in [2.45, 2.75) is 31.8 Å². The molecule has 0 aliphatic carbocycles. The Hall–Kier alpha value is -0.650. The molecule has 3 N–H and O–H groups in total. The number of carbonyl (C=O) groups excluding carboxylic acids is 1. The van der Waals surface area contributed by atoms with Crippen LogP contribution in [0.15, 0.2) is 0 Å². The van der Waals surface area contributed by atoms with E-state index < -0.39 is 18.4 Å². The number of amides is 1. The minimum atomic E-state index is -1.01. The minimum absolute atomic E-state index is 0.0653. The molecule has 1 saturated heterocycles. The number of hydrogen-bond acceptors (Lipinski definition) is 4. The summed E-state index contributed by atoms with van der Waals surface area (Å²) in [5.74, 6) is -0.201. The Morgan fingerprint density at radius 2 is 2.33 bits per heavy atom. The third kappa shape index (κ3) is 1.94. The second kappa shape index (κ2) is 3.84. The van der Waals surface area contributed by atoms with Crippen LogP contribution in [0.2, 0.25) is 0 Å². The molecule has 70 valence electrons. The number of rotatable bonds is 2. The Morgan fingerprint density at radius 3 is 2.75 bits per heavy atom. The van der Waals surface area contributed by atoms with Crippen molar-refractivity contribution in [3.8, 4) is 0 Å². The van der Waals surface area contributed by atoms with E-state index in [0.717, 1.165) is 0 Å². The molecule has 1 aliphatic heterocycles. The monoisotopic (exact) mass is 175 g/mol. The lowest BCUT2D eigenvalue weighted by molar-refractivity contribution is -0.125. The minimum Gasteiger partial charge on any atom is -0.388 e. The fraction of sp³-hybridized carbons (Fsp3) is 0.857. The van der Waals surface area contributed by atoms with Crippen LogP contribution >= 0.6 is 0 Å². The van der Waals surface area contributed by atoms with Gasteiger partial charge in [0.15, 0.2) is 6.23 Å². The van der Waals surface area contributed by atoms with E-state index >= 15 is 0 Å². The van der Waals surface area contributed by atoms with Crippen molar-refractivity contribution in [3.05, 3.63) is 0 Å². The molecule has 1 fully saturated rings. The Labute approximate surface area is 70.3 Å². The van der Waals surface area contributed by atoms with E-state index in [1.165, 1.54) is 0 Å². The van der Waals surface area contributed by atoms with Crippen molar-refractivity contribution >= 4 is 5.91 Å². The van der Waals surface area contributed by atoms with Gasteiger partial charge in [-0.05, 0) is 0 Å². The first-order valence-corrected chi connectivity index (χ1v) is 3.92. The van der Waals surface area contributed by atoms with E-state index in [9.17, 15) is 9.90 Å². The molecule has 1 unspecified atom stereocenters. The lowest BCUT2D eigenvalue weighted by Crippen LogP contribution is -2.43. The van der Waals surface area contributed by atoms with Crippen LogP contribution in [0.25, 0.3) is 0 Å². The molecule has 3 atom stereocenters. The smallest absolute Gasteiger partial charge is 0.221 e. The van der Waals surface area contributed by atoms with Crippen molar-refractivity contribution in [1.29, 1.82) is 0 Å². The largest absolute Gasteiger partial charge is 0.388 e. The highest BCUT2D eigenvalue weighted by Gasteiger charge is 2.35. The normalized spacial score (nSPS) is 35.1. The van der Waals surface area contributed by atoms with Crippen LogP contribution in [0.1, 0.15) is 13.3 Å². The fourth-order valence-electron chi connectivity index (χ4n) is 0.989. The van der Waals surface area contributed by atoms with Gasteiger partial charge in [0, 0.05) is 6.42 Å². The van der Waals surface area contributed by atoms with E-state index in [1.54, 1.807) is 6.92 Å². The van der Waals surface area contributed by atoms with Gasteiger partial charge in [-0.25, -0.2) is 0 Å². The maximum absolute atomic E-state index is 10.8. The zero-order valence-corrected chi connectivity index (χ0v) is 6.86. The summed E-state index contributed by atoms with van der Waals surface area (Å²) in [6.45, 7) is 1.77. The molecule has 0 radical (unpaired) electrons. The molecule has 1 heterocycles. The predicted octanol–water partition coefficient (Wildman–Crippen LogP) is -1.41. The van der Waals surface area contributed by atoms with Gasteiger partial charge < -0.3 is 20.3 Å². The van der Waals surface area contributed by atoms with Gasteiger partial charge in [-0.15, -0.1) is 0 Å². The average molecular weight is 175 g/mol. The molecule has 0 bridgehead atoms. The predicted molar refractivity (Wildman–Crippen MR) is 40.2 cm³/mol. The number of carbonyl (C=O) groups is 1. The lowest BCUT2D eigenvalue weighted by atomic mass is 10.2. The van der Waals surface area contributed by atoms with E-state index in [0.29, 0.717) is 6.42 Å². The molecule has 0 spiro atoms. The van der Waals surface area contributed by atoms with Gasteiger partial charge in [-0.2, -0.15) is 0 Å². The SMILES string of the molecule is CCC(=O)NC1OC[C@@H](O)[C@H]1O. The summed E-state index contributed by atoms with van der Waals surface area (Å²) >= 11 is 0. The van der Waals surface area contributed by atoms with E-state index in [1.807, 2.05) is 0 Å². The summed E-state index contributed by atoms with van der Waals surface area (Å²) in [6, 6.07) is 0. The van der Waals surface area contributed by atoms with Crippen LogP contribution in [0.3, 0.4) is 0 Å². The van der Waals surface area contributed by atoms with Crippen molar-refractivity contribution in [1.82, 2.24) is 5.32 Å². The highest BCUT2D eigenvalue weighted by molar-refractivity contribution is 5.75. The number of ether oxygens (including phenoxy) is 1. The Bertz CT molecular complexity index is 173. The molecule has 1 aliphatic rings. The first-order chi connectivity index (χ1) is 5.65.